The van der Waals surface area contributed by atoms with Crippen molar-refractivity contribution in [2.75, 3.05) is 26.2 Å². The third kappa shape index (κ3) is 3.56. The fraction of sp³-hybridized carbons (Fsp3) is 0.562. The first-order valence-electron chi connectivity index (χ1n) is 7.06. The average Bonchev–Trinajstić information content (AvgIpc) is 2.40. The first-order chi connectivity index (χ1) is 9.40. The van der Waals surface area contributed by atoms with E-state index in [1.807, 2.05) is 6.07 Å². The zero-order valence-corrected chi connectivity index (χ0v) is 12.5. The summed E-state index contributed by atoms with van der Waals surface area (Å²) < 4.78 is 13.9. The molecule has 0 unspecified atom stereocenters. The van der Waals surface area contributed by atoms with E-state index in [4.69, 9.17) is 5.26 Å². The molecule has 0 saturated carbocycles. The molecule has 1 aliphatic rings. The lowest BCUT2D eigenvalue weighted by Gasteiger charge is -2.42. The Morgan fingerprint density at radius 2 is 1.85 bits per heavy atom. The van der Waals surface area contributed by atoms with Gasteiger partial charge in [0, 0.05) is 43.8 Å². The first kappa shape index (κ1) is 15.0. The van der Waals surface area contributed by atoms with Crippen LogP contribution in [0.1, 0.15) is 31.9 Å². The molecule has 1 saturated heterocycles. The summed E-state index contributed by atoms with van der Waals surface area (Å²) in [5.41, 5.74) is 1.25. The Kier molecular flexibility index (Phi) is 4.42. The van der Waals surface area contributed by atoms with E-state index in [1.54, 1.807) is 12.1 Å². The standard InChI is InChI=1S/C16H22FN3/c1-16(2,3)20-8-6-19(7-9-20)12-14-5-4-13(11-18)10-15(14)17/h4-5,10H,6-9,12H2,1-3H3. The van der Waals surface area contributed by atoms with E-state index >= 15 is 0 Å². The molecule has 1 aliphatic heterocycles. The molecule has 0 bridgehead atoms. The Hall–Kier alpha value is -1.44. The molecule has 1 fully saturated rings. The molecule has 108 valence electrons. The number of piperazine rings is 1. The van der Waals surface area contributed by atoms with Crippen LogP contribution in [0.25, 0.3) is 0 Å². The van der Waals surface area contributed by atoms with Crippen LogP contribution in [0, 0.1) is 17.1 Å². The molecular weight excluding hydrogens is 253 g/mol. The van der Waals surface area contributed by atoms with Gasteiger partial charge in [0.15, 0.2) is 0 Å². The van der Waals surface area contributed by atoms with Gasteiger partial charge in [0.1, 0.15) is 5.82 Å². The molecule has 0 N–H and O–H groups in total. The number of halogens is 1. The van der Waals surface area contributed by atoms with Crippen LogP contribution < -0.4 is 0 Å². The van der Waals surface area contributed by atoms with Gasteiger partial charge >= 0.3 is 0 Å². The smallest absolute Gasteiger partial charge is 0.129 e. The zero-order valence-electron chi connectivity index (χ0n) is 12.5. The molecule has 0 amide bonds. The van der Waals surface area contributed by atoms with Crippen molar-refractivity contribution in [2.24, 2.45) is 0 Å². The maximum Gasteiger partial charge on any atom is 0.129 e. The first-order valence-corrected chi connectivity index (χ1v) is 7.06. The summed E-state index contributed by atoms with van der Waals surface area (Å²) in [6.07, 6.45) is 0. The highest BCUT2D eigenvalue weighted by Crippen LogP contribution is 2.18. The van der Waals surface area contributed by atoms with Crippen molar-refractivity contribution in [3.8, 4) is 6.07 Å². The van der Waals surface area contributed by atoms with Crippen LogP contribution in [0.15, 0.2) is 18.2 Å². The predicted molar refractivity (Wildman–Crippen MR) is 77.7 cm³/mol. The minimum Gasteiger partial charge on any atom is -0.296 e. The molecule has 2 rings (SSSR count). The van der Waals surface area contributed by atoms with Gasteiger partial charge in [-0.15, -0.1) is 0 Å². The van der Waals surface area contributed by atoms with Crippen LogP contribution in [-0.2, 0) is 6.54 Å². The molecule has 4 heteroatoms. The molecule has 1 aromatic rings. The monoisotopic (exact) mass is 275 g/mol. The van der Waals surface area contributed by atoms with Gasteiger partial charge in [0.05, 0.1) is 11.6 Å². The van der Waals surface area contributed by atoms with Crippen molar-refractivity contribution in [1.29, 1.82) is 5.26 Å². The average molecular weight is 275 g/mol. The van der Waals surface area contributed by atoms with Gasteiger partial charge in [-0.25, -0.2) is 4.39 Å². The van der Waals surface area contributed by atoms with E-state index < -0.39 is 0 Å². The molecule has 20 heavy (non-hydrogen) atoms. The van der Waals surface area contributed by atoms with Crippen LogP contribution in [0.3, 0.4) is 0 Å². The lowest BCUT2D eigenvalue weighted by atomic mass is 10.0. The Balaban J connectivity index is 1.95. The third-order valence-corrected chi connectivity index (χ3v) is 3.90. The van der Waals surface area contributed by atoms with Crippen molar-refractivity contribution >= 4 is 0 Å². The highest BCUT2D eigenvalue weighted by molar-refractivity contribution is 5.32. The predicted octanol–water partition coefficient (Wildman–Crippen LogP) is 2.61. The Morgan fingerprint density at radius 3 is 2.35 bits per heavy atom. The van der Waals surface area contributed by atoms with Gasteiger partial charge in [-0.2, -0.15) is 5.26 Å². The van der Waals surface area contributed by atoms with Crippen LogP contribution >= 0.6 is 0 Å². The Morgan fingerprint density at radius 1 is 1.20 bits per heavy atom. The summed E-state index contributed by atoms with van der Waals surface area (Å²) in [4.78, 5) is 4.73. The molecular formula is C16H22FN3. The number of benzene rings is 1. The molecule has 3 nitrogen and oxygen atoms in total. The Labute approximate surface area is 120 Å². The maximum absolute atomic E-state index is 13.9. The highest BCUT2D eigenvalue weighted by atomic mass is 19.1. The SMILES string of the molecule is CC(C)(C)N1CCN(Cc2ccc(C#N)cc2F)CC1. The lowest BCUT2D eigenvalue weighted by Crippen LogP contribution is -2.53. The minimum absolute atomic E-state index is 0.200. The third-order valence-electron chi connectivity index (χ3n) is 3.90. The van der Waals surface area contributed by atoms with E-state index in [1.165, 1.54) is 6.07 Å². The number of hydrogen-bond acceptors (Lipinski definition) is 3. The van der Waals surface area contributed by atoms with Crippen LogP contribution in [0.2, 0.25) is 0 Å². The van der Waals surface area contributed by atoms with Crippen LogP contribution in [-0.4, -0.2) is 41.5 Å². The summed E-state index contributed by atoms with van der Waals surface area (Å²) in [6.45, 7) is 11.2. The van der Waals surface area contributed by atoms with Gasteiger partial charge in [0.25, 0.3) is 0 Å². The molecule has 1 heterocycles. The number of hydrogen-bond donors (Lipinski definition) is 0. The van der Waals surface area contributed by atoms with E-state index in [0.717, 1.165) is 26.2 Å². The molecule has 0 atom stereocenters. The van der Waals surface area contributed by atoms with Crippen molar-refractivity contribution in [2.45, 2.75) is 32.9 Å². The quantitative estimate of drug-likeness (QED) is 0.831. The highest BCUT2D eigenvalue weighted by Gasteiger charge is 2.25. The van der Waals surface area contributed by atoms with Crippen molar-refractivity contribution < 1.29 is 4.39 Å². The van der Waals surface area contributed by atoms with Gasteiger partial charge < -0.3 is 0 Å². The summed E-state index contributed by atoms with van der Waals surface area (Å²) in [5.74, 6) is -0.276. The molecule has 0 aliphatic carbocycles. The topological polar surface area (TPSA) is 30.3 Å². The molecule has 0 radical (unpaired) electrons. The second-order valence-electron chi connectivity index (χ2n) is 6.35. The van der Waals surface area contributed by atoms with Crippen LogP contribution in [0.4, 0.5) is 4.39 Å². The summed E-state index contributed by atoms with van der Waals surface area (Å²) in [7, 11) is 0. The minimum atomic E-state index is -0.276. The molecule has 0 aromatic heterocycles. The number of rotatable bonds is 2. The Bertz CT molecular complexity index is 505. The fourth-order valence-corrected chi connectivity index (χ4v) is 2.56. The largest absolute Gasteiger partial charge is 0.296 e. The van der Waals surface area contributed by atoms with Gasteiger partial charge in [-0.3, -0.25) is 9.80 Å². The summed E-state index contributed by atoms with van der Waals surface area (Å²) in [5, 5.41) is 8.75. The molecule has 0 spiro atoms. The van der Waals surface area contributed by atoms with Gasteiger partial charge in [-0.1, -0.05) is 6.07 Å². The molecule has 1 aromatic carbocycles. The summed E-state index contributed by atoms with van der Waals surface area (Å²) in [6, 6.07) is 6.69. The second-order valence-corrected chi connectivity index (χ2v) is 6.35. The van der Waals surface area contributed by atoms with Crippen molar-refractivity contribution in [3.05, 3.63) is 35.1 Å². The van der Waals surface area contributed by atoms with Crippen LogP contribution in [0.5, 0.6) is 0 Å². The van der Waals surface area contributed by atoms with Gasteiger partial charge in [0.2, 0.25) is 0 Å². The van der Waals surface area contributed by atoms with E-state index in [0.29, 0.717) is 17.7 Å². The number of nitriles is 1. The second kappa shape index (κ2) is 5.90. The van der Waals surface area contributed by atoms with Crippen molar-refractivity contribution in [3.63, 3.8) is 0 Å². The lowest BCUT2D eigenvalue weighted by molar-refractivity contribution is 0.0586. The van der Waals surface area contributed by atoms with E-state index in [9.17, 15) is 4.39 Å². The summed E-state index contributed by atoms with van der Waals surface area (Å²) >= 11 is 0. The van der Waals surface area contributed by atoms with E-state index in [2.05, 4.69) is 30.6 Å². The fourth-order valence-electron chi connectivity index (χ4n) is 2.56. The van der Waals surface area contributed by atoms with Crippen molar-refractivity contribution in [1.82, 2.24) is 9.80 Å². The normalized spacial score (nSPS) is 17.9. The maximum atomic E-state index is 13.9. The van der Waals surface area contributed by atoms with Gasteiger partial charge in [-0.05, 0) is 32.9 Å². The van der Waals surface area contributed by atoms with E-state index in [-0.39, 0.29) is 11.4 Å². The zero-order chi connectivity index (χ0) is 14.8. The number of nitrogens with zero attached hydrogens (tertiary/aromatic N) is 3.